The third-order valence-electron chi connectivity index (χ3n) is 4.10. The van der Waals surface area contributed by atoms with Gasteiger partial charge in [0.25, 0.3) is 16.9 Å². The lowest BCUT2D eigenvalue weighted by atomic mass is 9.98. The molecule has 0 amide bonds. The zero-order valence-corrected chi connectivity index (χ0v) is 13.7. The fourth-order valence-electron chi connectivity index (χ4n) is 2.74. The molecule has 10 heteroatoms. The molecule has 1 saturated heterocycles. The molecule has 5 atom stereocenters. The van der Waals surface area contributed by atoms with Crippen molar-refractivity contribution in [2.24, 2.45) is 0 Å². The minimum atomic E-state index is -1.48. The van der Waals surface area contributed by atoms with Crippen LogP contribution in [0.25, 0.3) is 10.6 Å². The Morgan fingerprint density at radius 1 is 1.16 bits per heavy atom. The molecular formula is C15H17N2O7S+. The number of non-ortho nitro benzene ring substituents is 1. The maximum absolute atomic E-state index is 10.8. The van der Waals surface area contributed by atoms with Gasteiger partial charge in [-0.2, -0.15) is 4.57 Å². The Morgan fingerprint density at radius 2 is 1.84 bits per heavy atom. The molecule has 1 aliphatic heterocycles. The largest absolute Gasteiger partial charge is 0.394 e. The Balaban J connectivity index is 1.94. The Hall–Kier alpha value is -1.95. The molecule has 4 N–H and O–H groups in total. The number of nitrogens with zero attached hydrogens (tertiary/aromatic N) is 2. The molecule has 1 unspecified atom stereocenters. The molecule has 9 nitrogen and oxygen atoms in total. The minimum absolute atomic E-state index is 0.0419. The summed E-state index contributed by atoms with van der Waals surface area (Å²) < 4.78 is 7.11. The number of benzene rings is 1. The summed E-state index contributed by atoms with van der Waals surface area (Å²) in [7, 11) is 0. The van der Waals surface area contributed by atoms with Crippen LogP contribution in [0.4, 0.5) is 5.69 Å². The van der Waals surface area contributed by atoms with Crippen LogP contribution in [0.15, 0.2) is 35.8 Å². The highest BCUT2D eigenvalue weighted by molar-refractivity contribution is 7.12. The molecule has 134 valence electrons. The summed E-state index contributed by atoms with van der Waals surface area (Å²) in [6.07, 6.45) is -4.72. The van der Waals surface area contributed by atoms with Gasteiger partial charge in [0, 0.05) is 12.1 Å². The van der Waals surface area contributed by atoms with Crippen LogP contribution in [-0.4, -0.2) is 56.4 Å². The summed E-state index contributed by atoms with van der Waals surface area (Å²) in [5.74, 6) is 0. The lowest BCUT2D eigenvalue weighted by Crippen LogP contribution is -2.62. The number of aliphatic hydroxyl groups is 4. The zero-order chi connectivity index (χ0) is 18.1. The average Bonchev–Trinajstić information content (AvgIpc) is 3.09. The van der Waals surface area contributed by atoms with Gasteiger partial charge in [0.15, 0.2) is 12.3 Å². The predicted octanol–water partition coefficient (Wildman–Crippen LogP) is -0.417. The van der Waals surface area contributed by atoms with E-state index in [1.807, 2.05) is 0 Å². The molecule has 2 aromatic rings. The summed E-state index contributed by atoms with van der Waals surface area (Å²) in [5.41, 5.74) is 0.622. The fourth-order valence-corrected chi connectivity index (χ4v) is 3.62. The molecule has 0 spiro atoms. The summed E-state index contributed by atoms with van der Waals surface area (Å²) in [6, 6.07) is 5.88. The number of nitro benzene ring substituents is 1. The summed E-state index contributed by atoms with van der Waals surface area (Å²) >= 11 is 1.32. The van der Waals surface area contributed by atoms with Crippen molar-refractivity contribution in [1.29, 1.82) is 0 Å². The van der Waals surface area contributed by atoms with E-state index in [2.05, 4.69) is 0 Å². The van der Waals surface area contributed by atoms with Crippen LogP contribution in [0.2, 0.25) is 0 Å². The third-order valence-corrected chi connectivity index (χ3v) is 5.03. The lowest BCUT2D eigenvalue weighted by Gasteiger charge is -2.36. The molecule has 25 heavy (non-hydrogen) atoms. The van der Waals surface area contributed by atoms with Gasteiger partial charge in [0.05, 0.1) is 22.5 Å². The smallest absolute Gasteiger partial charge is 0.293 e. The van der Waals surface area contributed by atoms with Crippen molar-refractivity contribution in [2.45, 2.75) is 30.6 Å². The number of nitro groups is 1. The molecule has 1 aromatic heterocycles. The normalized spacial score (nSPS) is 29.5. The molecule has 0 bridgehead atoms. The maximum Gasteiger partial charge on any atom is 0.293 e. The molecular weight excluding hydrogens is 352 g/mol. The van der Waals surface area contributed by atoms with Gasteiger partial charge in [-0.1, -0.05) is 11.3 Å². The highest BCUT2D eigenvalue weighted by atomic mass is 32.1. The number of aromatic nitrogens is 1. The van der Waals surface area contributed by atoms with Crippen LogP contribution in [0.5, 0.6) is 0 Å². The van der Waals surface area contributed by atoms with Crippen molar-refractivity contribution in [3.05, 3.63) is 46.0 Å². The topological polar surface area (TPSA) is 137 Å². The van der Waals surface area contributed by atoms with Crippen LogP contribution in [0.1, 0.15) is 6.23 Å². The monoisotopic (exact) mass is 369 g/mol. The average molecular weight is 369 g/mol. The van der Waals surface area contributed by atoms with E-state index in [0.29, 0.717) is 10.6 Å². The van der Waals surface area contributed by atoms with Gasteiger partial charge in [-0.25, -0.2) is 0 Å². The van der Waals surface area contributed by atoms with E-state index in [0.717, 1.165) is 0 Å². The second-order valence-corrected chi connectivity index (χ2v) is 6.53. The molecule has 3 rings (SSSR count). The van der Waals surface area contributed by atoms with Crippen LogP contribution in [0.3, 0.4) is 0 Å². The van der Waals surface area contributed by atoms with Gasteiger partial charge in [-0.15, -0.1) is 0 Å². The number of thiazole rings is 1. The fraction of sp³-hybridized carbons (Fsp3) is 0.400. The zero-order valence-electron chi connectivity index (χ0n) is 12.9. The van der Waals surface area contributed by atoms with Crippen molar-refractivity contribution in [3.63, 3.8) is 0 Å². The Labute approximate surface area is 146 Å². The number of hydrogen-bond acceptors (Lipinski definition) is 8. The Bertz CT molecular complexity index is 749. The molecule has 1 aromatic carbocycles. The first-order valence-corrected chi connectivity index (χ1v) is 8.36. The van der Waals surface area contributed by atoms with E-state index < -0.39 is 42.2 Å². The first kappa shape index (κ1) is 17.9. The van der Waals surface area contributed by atoms with E-state index >= 15 is 0 Å². The van der Waals surface area contributed by atoms with Crippen molar-refractivity contribution in [3.8, 4) is 10.6 Å². The number of aliphatic hydroxyl groups excluding tert-OH is 4. The molecule has 0 saturated carbocycles. The van der Waals surface area contributed by atoms with Crippen molar-refractivity contribution in [1.82, 2.24) is 0 Å². The van der Waals surface area contributed by atoms with Gasteiger partial charge >= 0.3 is 0 Å². The van der Waals surface area contributed by atoms with Crippen molar-refractivity contribution in [2.75, 3.05) is 6.61 Å². The van der Waals surface area contributed by atoms with E-state index in [4.69, 9.17) is 4.74 Å². The van der Waals surface area contributed by atoms with E-state index in [1.165, 1.54) is 23.5 Å². The Kier molecular flexibility index (Phi) is 5.08. The van der Waals surface area contributed by atoms with E-state index in [-0.39, 0.29) is 5.69 Å². The highest BCUT2D eigenvalue weighted by Gasteiger charge is 2.49. The van der Waals surface area contributed by atoms with Crippen LogP contribution >= 0.6 is 11.3 Å². The molecule has 2 heterocycles. The SMILES string of the molecule is O=[N+]([O-])c1ccc(-c2scc[n+]2C2O[C@H](CO)[C@@H](O)[C@H](O)[C@H]2O)cc1. The third kappa shape index (κ3) is 3.27. The summed E-state index contributed by atoms with van der Waals surface area (Å²) in [4.78, 5) is 10.3. The molecule has 0 radical (unpaired) electrons. The highest BCUT2D eigenvalue weighted by Crippen LogP contribution is 2.29. The number of hydrogen-bond donors (Lipinski definition) is 4. The Morgan fingerprint density at radius 3 is 2.44 bits per heavy atom. The number of rotatable bonds is 4. The quantitative estimate of drug-likeness (QED) is 0.326. The second kappa shape index (κ2) is 7.12. The van der Waals surface area contributed by atoms with Crippen LogP contribution in [0, 0.1) is 10.1 Å². The molecule has 1 fully saturated rings. The summed E-state index contributed by atoms with van der Waals surface area (Å²) in [6.45, 7) is -0.515. The lowest BCUT2D eigenvalue weighted by molar-refractivity contribution is -0.766. The van der Waals surface area contributed by atoms with E-state index in [9.17, 15) is 30.5 Å². The van der Waals surface area contributed by atoms with Crippen LogP contribution in [-0.2, 0) is 4.74 Å². The predicted molar refractivity (Wildman–Crippen MR) is 85.6 cm³/mol. The van der Waals surface area contributed by atoms with Gasteiger partial charge in [-0.3, -0.25) is 10.1 Å². The second-order valence-electron chi connectivity index (χ2n) is 5.64. The van der Waals surface area contributed by atoms with E-state index in [1.54, 1.807) is 28.3 Å². The van der Waals surface area contributed by atoms with Gasteiger partial charge < -0.3 is 25.2 Å². The number of ether oxygens (including phenoxy) is 1. The molecule has 1 aliphatic rings. The maximum atomic E-state index is 10.8. The van der Waals surface area contributed by atoms with Crippen LogP contribution < -0.4 is 4.57 Å². The molecule has 0 aliphatic carbocycles. The first-order chi connectivity index (χ1) is 11.9. The van der Waals surface area contributed by atoms with Crippen molar-refractivity contribution < 1.29 is 34.7 Å². The van der Waals surface area contributed by atoms with Gasteiger partial charge in [0.1, 0.15) is 18.3 Å². The van der Waals surface area contributed by atoms with Gasteiger partial charge in [-0.05, 0) is 12.1 Å². The van der Waals surface area contributed by atoms with Crippen molar-refractivity contribution >= 4 is 17.0 Å². The van der Waals surface area contributed by atoms with Gasteiger partial charge in [0.2, 0.25) is 0 Å². The summed E-state index contributed by atoms with van der Waals surface area (Å²) in [5, 5.41) is 52.5. The first-order valence-electron chi connectivity index (χ1n) is 7.48. The standard InChI is InChI=1S/C15H17N2O7S/c18-7-10-11(19)12(20)13(21)14(24-10)16-5-6-25-15(16)8-1-3-9(4-2-8)17(22)23/h1-6,10-14,18-21H,7H2/q+1/t10-,11-,12+,13-,14?/m1/s1. The minimum Gasteiger partial charge on any atom is -0.394 e.